The Morgan fingerprint density at radius 2 is 2.00 bits per heavy atom. The highest BCUT2D eigenvalue weighted by molar-refractivity contribution is 5.83. The number of likely N-dealkylation sites (tertiary alicyclic amines) is 1. The minimum absolute atomic E-state index is 0.0780. The number of piperidine rings is 1. The smallest absolute Gasteiger partial charge is 0.311 e. The third-order valence-corrected chi connectivity index (χ3v) is 4.76. The van der Waals surface area contributed by atoms with Gasteiger partial charge in [-0.25, -0.2) is 0 Å². The van der Waals surface area contributed by atoms with Gasteiger partial charge >= 0.3 is 5.97 Å². The first-order valence-corrected chi connectivity index (χ1v) is 8.00. The summed E-state index contributed by atoms with van der Waals surface area (Å²) < 4.78 is 1.74. The lowest BCUT2D eigenvalue weighted by Crippen LogP contribution is -2.49. The van der Waals surface area contributed by atoms with Crippen LogP contribution in [0, 0.1) is 5.41 Å². The molecule has 1 N–H and O–H groups in total. The van der Waals surface area contributed by atoms with Crippen LogP contribution < -0.4 is 5.43 Å². The van der Waals surface area contributed by atoms with E-state index in [-0.39, 0.29) is 24.4 Å². The average Bonchev–Trinajstić information content (AvgIpc) is 2.57. The van der Waals surface area contributed by atoms with Gasteiger partial charge in [0, 0.05) is 30.7 Å². The molecule has 1 saturated heterocycles. The summed E-state index contributed by atoms with van der Waals surface area (Å²) in [5.74, 6) is -0.996. The number of carbonyl (C=O) groups is 2. The molecule has 0 saturated carbocycles. The van der Waals surface area contributed by atoms with Crippen LogP contribution in [0.3, 0.4) is 0 Å². The Balaban J connectivity index is 1.84. The lowest BCUT2D eigenvalue weighted by molar-refractivity contribution is -0.153. The SMILES string of the molecule is CC1(C(=O)O)CCCN(C(=O)Cn2ccc(=O)c3ccccc32)C1. The summed E-state index contributed by atoms with van der Waals surface area (Å²) in [7, 11) is 0. The lowest BCUT2D eigenvalue weighted by Gasteiger charge is -2.37. The minimum Gasteiger partial charge on any atom is -0.481 e. The number of aliphatic carboxylic acids is 1. The van der Waals surface area contributed by atoms with Gasteiger partial charge in [-0.05, 0) is 31.9 Å². The normalized spacial score (nSPS) is 21.0. The molecule has 24 heavy (non-hydrogen) atoms. The molecule has 1 aromatic heterocycles. The summed E-state index contributed by atoms with van der Waals surface area (Å²) in [4.78, 5) is 37.6. The molecule has 0 radical (unpaired) electrons. The molecule has 1 amide bonds. The van der Waals surface area contributed by atoms with Gasteiger partial charge in [-0.15, -0.1) is 0 Å². The van der Waals surface area contributed by atoms with Crippen molar-refractivity contribution in [2.24, 2.45) is 5.41 Å². The second-order valence-corrected chi connectivity index (χ2v) is 6.61. The quantitative estimate of drug-likeness (QED) is 0.930. The number of hydrogen-bond donors (Lipinski definition) is 1. The molecule has 0 bridgehead atoms. The molecular formula is C18H20N2O4. The van der Waals surface area contributed by atoms with Crippen LogP contribution in [-0.2, 0) is 16.1 Å². The Kier molecular flexibility index (Phi) is 4.13. The van der Waals surface area contributed by atoms with Gasteiger partial charge in [-0.2, -0.15) is 0 Å². The molecule has 1 aromatic carbocycles. The molecule has 1 unspecified atom stereocenters. The highest BCUT2D eigenvalue weighted by Gasteiger charge is 2.39. The fourth-order valence-corrected chi connectivity index (χ4v) is 3.27. The van der Waals surface area contributed by atoms with Gasteiger partial charge in [-0.1, -0.05) is 12.1 Å². The van der Waals surface area contributed by atoms with Gasteiger partial charge in [0.15, 0.2) is 5.43 Å². The maximum absolute atomic E-state index is 12.6. The summed E-state index contributed by atoms with van der Waals surface area (Å²) in [5, 5.41) is 9.95. The zero-order valence-electron chi connectivity index (χ0n) is 13.6. The predicted octanol–water partition coefficient (Wildman–Crippen LogP) is 1.71. The molecule has 0 aliphatic carbocycles. The van der Waals surface area contributed by atoms with Crippen LogP contribution in [0.4, 0.5) is 0 Å². The van der Waals surface area contributed by atoms with Gasteiger partial charge in [0.2, 0.25) is 5.91 Å². The number of nitrogens with zero attached hydrogens (tertiary/aromatic N) is 2. The number of amides is 1. The molecular weight excluding hydrogens is 308 g/mol. The Labute approximate surface area is 139 Å². The fourth-order valence-electron chi connectivity index (χ4n) is 3.27. The van der Waals surface area contributed by atoms with Crippen LogP contribution >= 0.6 is 0 Å². The van der Waals surface area contributed by atoms with Crippen molar-refractivity contribution in [3.8, 4) is 0 Å². The Hall–Kier alpha value is -2.63. The molecule has 1 aliphatic rings. The Morgan fingerprint density at radius 1 is 1.25 bits per heavy atom. The summed E-state index contributed by atoms with van der Waals surface area (Å²) in [5.41, 5.74) is -0.262. The van der Waals surface area contributed by atoms with E-state index in [1.54, 1.807) is 34.7 Å². The van der Waals surface area contributed by atoms with Crippen molar-refractivity contribution in [2.75, 3.05) is 13.1 Å². The van der Waals surface area contributed by atoms with Crippen molar-refractivity contribution in [1.29, 1.82) is 0 Å². The highest BCUT2D eigenvalue weighted by Crippen LogP contribution is 2.29. The molecule has 1 aliphatic heterocycles. The topological polar surface area (TPSA) is 79.6 Å². The largest absolute Gasteiger partial charge is 0.481 e. The van der Waals surface area contributed by atoms with Crippen molar-refractivity contribution in [2.45, 2.75) is 26.3 Å². The van der Waals surface area contributed by atoms with Crippen molar-refractivity contribution in [3.05, 3.63) is 46.8 Å². The van der Waals surface area contributed by atoms with E-state index in [9.17, 15) is 19.5 Å². The maximum Gasteiger partial charge on any atom is 0.311 e. The maximum atomic E-state index is 12.6. The third kappa shape index (κ3) is 2.91. The molecule has 126 valence electrons. The molecule has 1 fully saturated rings. The molecule has 0 spiro atoms. The van der Waals surface area contributed by atoms with Gasteiger partial charge < -0.3 is 14.6 Å². The number of rotatable bonds is 3. The van der Waals surface area contributed by atoms with Crippen LogP contribution in [0.1, 0.15) is 19.8 Å². The van der Waals surface area contributed by atoms with Gasteiger partial charge in [0.05, 0.1) is 10.9 Å². The lowest BCUT2D eigenvalue weighted by atomic mass is 9.82. The standard InChI is InChI=1S/C18H20N2O4/c1-18(17(23)24)8-4-9-20(12-18)16(22)11-19-10-7-15(21)13-5-2-3-6-14(13)19/h2-3,5-7,10H,4,8-9,11-12H2,1H3,(H,23,24). The van der Waals surface area contributed by atoms with Crippen LogP contribution in [0.5, 0.6) is 0 Å². The van der Waals surface area contributed by atoms with E-state index in [4.69, 9.17) is 0 Å². The first-order valence-electron chi connectivity index (χ1n) is 8.00. The highest BCUT2D eigenvalue weighted by atomic mass is 16.4. The van der Waals surface area contributed by atoms with Crippen molar-refractivity contribution < 1.29 is 14.7 Å². The van der Waals surface area contributed by atoms with Crippen molar-refractivity contribution in [1.82, 2.24) is 9.47 Å². The zero-order chi connectivity index (χ0) is 17.3. The summed E-state index contributed by atoms with van der Waals surface area (Å²) in [6.07, 6.45) is 2.87. The summed E-state index contributed by atoms with van der Waals surface area (Å²) in [6.45, 7) is 2.57. The molecule has 6 heteroatoms. The average molecular weight is 328 g/mol. The number of carboxylic acids is 1. The van der Waals surface area contributed by atoms with Crippen LogP contribution in [0.25, 0.3) is 10.9 Å². The van der Waals surface area contributed by atoms with E-state index in [1.807, 2.05) is 12.1 Å². The summed E-state index contributed by atoms with van der Waals surface area (Å²) in [6, 6.07) is 8.61. The number of benzene rings is 1. The predicted molar refractivity (Wildman–Crippen MR) is 89.8 cm³/mol. The molecule has 1 atom stereocenters. The van der Waals surface area contributed by atoms with Gasteiger partial charge in [0.1, 0.15) is 6.54 Å². The first-order chi connectivity index (χ1) is 11.4. The molecule has 3 rings (SSSR count). The number of carbonyl (C=O) groups excluding carboxylic acids is 1. The number of hydrogen-bond acceptors (Lipinski definition) is 3. The van der Waals surface area contributed by atoms with Gasteiger partial charge in [-0.3, -0.25) is 14.4 Å². The molecule has 2 aromatic rings. The monoisotopic (exact) mass is 328 g/mol. The number of fused-ring (bicyclic) bond motifs is 1. The van der Waals surface area contributed by atoms with E-state index >= 15 is 0 Å². The minimum atomic E-state index is -0.889. The zero-order valence-corrected chi connectivity index (χ0v) is 13.6. The molecule has 6 nitrogen and oxygen atoms in total. The van der Waals surface area contributed by atoms with E-state index in [0.717, 1.165) is 0 Å². The van der Waals surface area contributed by atoms with Crippen molar-refractivity contribution in [3.63, 3.8) is 0 Å². The second-order valence-electron chi connectivity index (χ2n) is 6.61. The number of carboxylic acid groups (broad SMARTS) is 1. The van der Waals surface area contributed by atoms with E-state index in [1.165, 1.54) is 6.07 Å². The van der Waals surface area contributed by atoms with Crippen LogP contribution in [0.15, 0.2) is 41.3 Å². The summed E-state index contributed by atoms with van der Waals surface area (Å²) >= 11 is 0. The van der Waals surface area contributed by atoms with Crippen LogP contribution in [-0.4, -0.2) is 39.5 Å². The molecule has 2 heterocycles. The first kappa shape index (κ1) is 16.2. The third-order valence-electron chi connectivity index (χ3n) is 4.76. The van der Waals surface area contributed by atoms with Crippen molar-refractivity contribution >= 4 is 22.8 Å². The van der Waals surface area contributed by atoms with E-state index in [0.29, 0.717) is 30.3 Å². The fraction of sp³-hybridized carbons (Fsp3) is 0.389. The number of pyridine rings is 1. The number of para-hydroxylation sites is 1. The Bertz CT molecular complexity index is 857. The second kappa shape index (κ2) is 6.11. The van der Waals surface area contributed by atoms with Crippen LogP contribution in [0.2, 0.25) is 0 Å². The van der Waals surface area contributed by atoms with Gasteiger partial charge in [0.25, 0.3) is 0 Å². The van der Waals surface area contributed by atoms with E-state index < -0.39 is 11.4 Å². The Morgan fingerprint density at radius 3 is 2.75 bits per heavy atom. The number of aromatic nitrogens is 1. The van der Waals surface area contributed by atoms with E-state index in [2.05, 4.69) is 0 Å².